The van der Waals surface area contributed by atoms with Crippen LogP contribution >= 0.6 is 0 Å². The fraction of sp³-hybridized carbons (Fsp3) is 0.0833. The van der Waals surface area contributed by atoms with Crippen LogP contribution in [-0.2, 0) is 4.79 Å². The third-order valence-electron chi connectivity index (χ3n) is 4.72. The van der Waals surface area contributed by atoms with Crippen LogP contribution in [0.3, 0.4) is 0 Å². The summed E-state index contributed by atoms with van der Waals surface area (Å²) in [6, 6.07) is 10.2. The number of carbonyl (C=O) groups is 1. The van der Waals surface area contributed by atoms with Gasteiger partial charge in [0.25, 0.3) is 0 Å². The molecule has 1 heterocycles. The van der Waals surface area contributed by atoms with Crippen LogP contribution in [0.15, 0.2) is 57.9 Å². The highest BCUT2D eigenvalue weighted by Gasteiger charge is 2.27. The smallest absolute Gasteiger partial charge is 0.349 e. The Balaban J connectivity index is 1.48. The van der Waals surface area contributed by atoms with Gasteiger partial charge in [0.2, 0.25) is 40.3 Å². The lowest BCUT2D eigenvalue weighted by Gasteiger charge is -2.10. The molecule has 1 aromatic heterocycles. The van der Waals surface area contributed by atoms with Gasteiger partial charge in [-0.3, -0.25) is 4.79 Å². The van der Waals surface area contributed by atoms with E-state index in [0.29, 0.717) is 11.5 Å². The number of methoxy groups -OCH3 is 1. The lowest BCUT2D eigenvalue weighted by Crippen LogP contribution is -2.19. The number of halogens is 5. The minimum Gasteiger partial charge on any atom is -0.497 e. The second kappa shape index (κ2) is 9.94. The number of esters is 1. The first-order chi connectivity index (χ1) is 17.2. The molecule has 3 aromatic carbocycles. The van der Waals surface area contributed by atoms with Crippen molar-refractivity contribution in [1.29, 1.82) is 0 Å². The molecule has 12 heteroatoms. The van der Waals surface area contributed by atoms with E-state index < -0.39 is 52.8 Å². The first kappa shape index (κ1) is 24.5. The maximum atomic E-state index is 13.6. The highest BCUT2D eigenvalue weighted by Crippen LogP contribution is 2.29. The molecule has 0 aliphatic rings. The maximum Gasteiger partial charge on any atom is 0.349 e. The molecule has 0 radical (unpaired) electrons. The van der Waals surface area contributed by atoms with Crippen LogP contribution in [-0.4, -0.2) is 19.7 Å². The molecule has 0 saturated heterocycles. The molecule has 0 fully saturated rings. The molecular formula is C24H13F5O7. The van der Waals surface area contributed by atoms with Crippen molar-refractivity contribution in [2.24, 2.45) is 0 Å². The van der Waals surface area contributed by atoms with Gasteiger partial charge in [-0.25, -0.2) is 18.0 Å². The topological polar surface area (TPSA) is 84.2 Å². The van der Waals surface area contributed by atoms with Crippen LogP contribution in [0.5, 0.6) is 28.7 Å². The molecule has 0 unspecified atom stereocenters. The Bertz CT molecular complexity index is 1500. The number of fused-ring (bicyclic) bond motifs is 1. The summed E-state index contributed by atoms with van der Waals surface area (Å²) in [6.45, 7) is -1.19. The van der Waals surface area contributed by atoms with Crippen molar-refractivity contribution in [3.05, 3.63) is 88.0 Å². The third kappa shape index (κ3) is 4.78. The first-order valence-electron chi connectivity index (χ1n) is 9.92. The number of rotatable bonds is 7. The molecule has 7 nitrogen and oxygen atoms in total. The van der Waals surface area contributed by atoms with E-state index >= 15 is 0 Å². The Morgan fingerprint density at radius 1 is 0.861 bits per heavy atom. The van der Waals surface area contributed by atoms with Crippen molar-refractivity contribution in [2.45, 2.75) is 0 Å². The third-order valence-corrected chi connectivity index (χ3v) is 4.72. The van der Waals surface area contributed by atoms with E-state index in [4.69, 9.17) is 18.6 Å². The van der Waals surface area contributed by atoms with Gasteiger partial charge in [0.15, 0.2) is 12.4 Å². The Kier molecular flexibility index (Phi) is 6.77. The average Bonchev–Trinajstić information content (AvgIpc) is 2.88. The summed E-state index contributed by atoms with van der Waals surface area (Å²) in [7, 11) is 1.47. The predicted octanol–water partition coefficient (Wildman–Crippen LogP) is 5.27. The van der Waals surface area contributed by atoms with Crippen molar-refractivity contribution in [3.8, 4) is 28.7 Å². The largest absolute Gasteiger partial charge is 0.497 e. The maximum absolute atomic E-state index is 13.6. The number of ether oxygens (including phenoxy) is 4. The lowest BCUT2D eigenvalue weighted by atomic mass is 10.2. The zero-order chi connectivity index (χ0) is 26.0. The number of carbonyl (C=O) groups excluding carboxylic acids is 1. The first-order valence-corrected chi connectivity index (χ1v) is 9.92. The molecule has 0 N–H and O–H groups in total. The summed E-state index contributed by atoms with van der Waals surface area (Å²) < 4.78 is 92.2. The summed E-state index contributed by atoms with van der Waals surface area (Å²) >= 11 is 0. The van der Waals surface area contributed by atoms with E-state index in [-0.39, 0.29) is 22.5 Å². The SMILES string of the molecule is COc1cccc(Oc2coc3cc(OC(=O)COc4c(F)c(F)c(F)c(F)c4F)ccc3c2=O)c1. The summed E-state index contributed by atoms with van der Waals surface area (Å²) in [5.74, 6) is -13.6. The summed E-state index contributed by atoms with van der Waals surface area (Å²) in [6.07, 6.45) is 1.04. The summed E-state index contributed by atoms with van der Waals surface area (Å²) in [4.78, 5) is 24.7. The van der Waals surface area contributed by atoms with Crippen LogP contribution in [0.1, 0.15) is 0 Å². The molecule has 4 aromatic rings. The molecule has 186 valence electrons. The Labute approximate surface area is 198 Å². The monoisotopic (exact) mass is 508 g/mol. The van der Waals surface area contributed by atoms with Gasteiger partial charge in [0, 0.05) is 12.1 Å². The van der Waals surface area contributed by atoms with Gasteiger partial charge in [0.1, 0.15) is 29.1 Å². The van der Waals surface area contributed by atoms with Crippen molar-refractivity contribution >= 4 is 16.9 Å². The van der Waals surface area contributed by atoms with E-state index in [1.165, 1.54) is 25.3 Å². The number of benzene rings is 3. The second-order valence-electron chi connectivity index (χ2n) is 7.03. The van der Waals surface area contributed by atoms with Crippen LogP contribution in [0.4, 0.5) is 22.0 Å². The molecule has 0 bridgehead atoms. The fourth-order valence-electron chi connectivity index (χ4n) is 3.02. The predicted molar refractivity (Wildman–Crippen MR) is 113 cm³/mol. The van der Waals surface area contributed by atoms with Crippen molar-refractivity contribution in [3.63, 3.8) is 0 Å². The molecule has 0 spiro atoms. The minimum atomic E-state index is -2.37. The summed E-state index contributed by atoms with van der Waals surface area (Å²) in [5.41, 5.74) is -0.532. The minimum absolute atomic E-state index is 0.00368. The van der Waals surface area contributed by atoms with Gasteiger partial charge in [-0.1, -0.05) is 6.07 Å². The Morgan fingerprint density at radius 2 is 1.53 bits per heavy atom. The second-order valence-corrected chi connectivity index (χ2v) is 7.03. The van der Waals surface area contributed by atoms with Crippen LogP contribution in [0, 0.1) is 29.1 Å². The molecular weight excluding hydrogens is 495 g/mol. The summed E-state index contributed by atoms with van der Waals surface area (Å²) in [5, 5.41) is 0.0767. The van der Waals surface area contributed by atoms with Crippen molar-refractivity contribution in [1.82, 2.24) is 0 Å². The van der Waals surface area contributed by atoms with Gasteiger partial charge in [-0.05, 0) is 24.3 Å². The van der Waals surface area contributed by atoms with E-state index in [9.17, 15) is 31.5 Å². The molecule has 0 saturated carbocycles. The highest BCUT2D eigenvalue weighted by molar-refractivity contribution is 5.81. The van der Waals surface area contributed by atoms with Gasteiger partial charge >= 0.3 is 5.97 Å². The fourth-order valence-corrected chi connectivity index (χ4v) is 3.02. The van der Waals surface area contributed by atoms with Gasteiger partial charge in [-0.2, -0.15) is 8.78 Å². The lowest BCUT2D eigenvalue weighted by molar-refractivity contribution is -0.136. The van der Waals surface area contributed by atoms with Gasteiger partial charge in [0.05, 0.1) is 12.5 Å². The standard InChI is InChI=1S/C24H13F5O7/c1-32-11-3-2-4-12(7-11)35-16-9-33-15-8-13(5-6-14(15)23(16)31)36-17(30)10-34-24-21(28)19(26)18(25)20(27)22(24)29/h2-9H,10H2,1H3. The Morgan fingerprint density at radius 3 is 2.22 bits per heavy atom. The molecule has 0 aliphatic heterocycles. The highest BCUT2D eigenvalue weighted by atomic mass is 19.2. The van der Waals surface area contributed by atoms with E-state index in [2.05, 4.69) is 4.74 Å². The zero-order valence-corrected chi connectivity index (χ0v) is 18.1. The average molecular weight is 508 g/mol. The van der Waals surface area contributed by atoms with Gasteiger partial charge in [-0.15, -0.1) is 0 Å². The molecule has 0 aliphatic carbocycles. The molecule has 4 rings (SSSR count). The van der Waals surface area contributed by atoms with E-state index in [1.807, 2.05) is 0 Å². The quantitative estimate of drug-likeness (QED) is 0.111. The van der Waals surface area contributed by atoms with Gasteiger partial charge < -0.3 is 23.4 Å². The molecule has 36 heavy (non-hydrogen) atoms. The van der Waals surface area contributed by atoms with Crippen molar-refractivity contribution < 1.29 is 50.1 Å². The van der Waals surface area contributed by atoms with Crippen LogP contribution < -0.4 is 24.4 Å². The Hall–Kier alpha value is -4.61. The number of hydrogen-bond acceptors (Lipinski definition) is 7. The zero-order valence-electron chi connectivity index (χ0n) is 18.1. The van der Waals surface area contributed by atoms with Crippen LogP contribution in [0.25, 0.3) is 11.0 Å². The van der Waals surface area contributed by atoms with Crippen molar-refractivity contribution in [2.75, 3.05) is 13.7 Å². The van der Waals surface area contributed by atoms with Crippen LogP contribution in [0.2, 0.25) is 0 Å². The normalized spacial score (nSPS) is 10.8. The van der Waals surface area contributed by atoms with E-state index in [1.54, 1.807) is 24.3 Å². The number of hydrogen-bond donors (Lipinski definition) is 0. The molecule has 0 amide bonds. The van der Waals surface area contributed by atoms with E-state index in [0.717, 1.165) is 6.26 Å². The molecule has 0 atom stereocenters.